The molecule has 2 N–H and O–H groups in total. The van der Waals surface area contributed by atoms with Crippen LogP contribution in [0, 0.1) is 0 Å². The first-order chi connectivity index (χ1) is 7.15. The normalized spacial score (nSPS) is 15.6. The summed E-state index contributed by atoms with van der Waals surface area (Å²) in [5.41, 5.74) is -0.297. The Hall–Kier alpha value is -1.35. The largest absolute Gasteiger partial charge is 0.479 e. The van der Waals surface area contributed by atoms with E-state index >= 15 is 0 Å². The highest BCUT2D eigenvalue weighted by Crippen LogP contribution is 2.26. The van der Waals surface area contributed by atoms with Gasteiger partial charge in [-0.2, -0.15) is 0 Å². The van der Waals surface area contributed by atoms with Gasteiger partial charge >= 0.3 is 5.97 Å². The lowest BCUT2D eigenvalue weighted by molar-refractivity contribution is -0.157. The van der Waals surface area contributed by atoms with E-state index < -0.39 is 11.6 Å². The van der Waals surface area contributed by atoms with Gasteiger partial charge in [0.1, 0.15) is 0 Å². The molecule has 16 heavy (non-hydrogen) atoms. The minimum Gasteiger partial charge on any atom is -0.479 e. The summed E-state index contributed by atoms with van der Waals surface area (Å²) in [7, 11) is 0. The van der Waals surface area contributed by atoms with Gasteiger partial charge in [0.2, 0.25) is 0 Å². The Kier molecular flexibility index (Phi) is 3.10. The zero-order valence-electron chi connectivity index (χ0n) is 10.1. The highest BCUT2D eigenvalue weighted by Gasteiger charge is 2.32. The average Bonchev–Trinajstić information content (AvgIpc) is 2.16. The fraction of sp³-hybridized carbons (Fsp3) is 0.462. The molecule has 0 saturated carbocycles. The molecule has 0 radical (unpaired) electrons. The zero-order valence-corrected chi connectivity index (χ0v) is 10.1. The number of hydrogen-bond acceptors (Lipinski definition) is 2. The molecule has 0 saturated heterocycles. The number of hydrogen-bond donors (Lipinski definition) is 2. The van der Waals surface area contributed by atoms with Crippen LogP contribution in [0.5, 0.6) is 0 Å². The molecule has 0 aromatic heterocycles. The summed E-state index contributed by atoms with van der Waals surface area (Å²) < 4.78 is 0. The molecule has 0 aliphatic carbocycles. The monoisotopic (exact) mass is 222 g/mol. The quantitative estimate of drug-likeness (QED) is 0.807. The van der Waals surface area contributed by atoms with E-state index in [1.165, 1.54) is 6.92 Å². The molecule has 1 aromatic rings. The highest BCUT2D eigenvalue weighted by molar-refractivity contribution is 5.78. The molecule has 0 unspecified atom stereocenters. The van der Waals surface area contributed by atoms with Crippen LogP contribution >= 0.6 is 0 Å². The number of aliphatic carboxylic acids is 1. The molecule has 0 spiro atoms. The Morgan fingerprint density at radius 3 is 1.69 bits per heavy atom. The summed E-state index contributed by atoms with van der Waals surface area (Å²) in [4.78, 5) is 10.9. The first-order valence-electron chi connectivity index (χ1n) is 5.22. The molecule has 0 fully saturated rings. The van der Waals surface area contributed by atoms with Gasteiger partial charge in [0.05, 0.1) is 0 Å². The molecular formula is C13H18O3. The second-order valence-electron chi connectivity index (χ2n) is 5.20. The summed E-state index contributed by atoms with van der Waals surface area (Å²) >= 11 is 0. The number of rotatable bonds is 2. The Balaban J connectivity index is 3.09. The Morgan fingerprint density at radius 2 is 1.38 bits per heavy atom. The molecule has 0 aliphatic heterocycles. The first kappa shape index (κ1) is 12.7. The minimum atomic E-state index is -1.82. The second-order valence-corrected chi connectivity index (χ2v) is 5.20. The van der Waals surface area contributed by atoms with Gasteiger partial charge in [-0.3, -0.25) is 0 Å². The van der Waals surface area contributed by atoms with Crippen LogP contribution in [0.2, 0.25) is 0 Å². The summed E-state index contributed by atoms with van der Waals surface area (Å²) in [6, 6.07) is 7.03. The summed E-state index contributed by atoms with van der Waals surface area (Å²) in [6.07, 6.45) is 0. The van der Waals surface area contributed by atoms with Gasteiger partial charge in [-0.25, -0.2) is 4.79 Å². The number of aliphatic hydroxyl groups is 1. The van der Waals surface area contributed by atoms with Crippen molar-refractivity contribution in [2.24, 2.45) is 0 Å². The van der Waals surface area contributed by atoms with Crippen molar-refractivity contribution in [2.45, 2.75) is 38.7 Å². The van der Waals surface area contributed by atoms with Crippen molar-refractivity contribution in [3.05, 3.63) is 35.4 Å². The van der Waals surface area contributed by atoms with E-state index in [9.17, 15) is 9.90 Å². The fourth-order valence-corrected chi connectivity index (χ4v) is 1.42. The van der Waals surface area contributed by atoms with Crippen LogP contribution in [0.1, 0.15) is 38.8 Å². The predicted molar refractivity (Wildman–Crippen MR) is 62.3 cm³/mol. The molecule has 0 heterocycles. The smallest absolute Gasteiger partial charge is 0.340 e. The average molecular weight is 222 g/mol. The number of carboxylic acid groups (broad SMARTS) is 1. The van der Waals surface area contributed by atoms with Crippen molar-refractivity contribution >= 4 is 5.97 Å². The van der Waals surface area contributed by atoms with Crippen LogP contribution in [0.4, 0.5) is 0 Å². The van der Waals surface area contributed by atoms with Gasteiger partial charge in [0.25, 0.3) is 0 Å². The molecule has 1 atom stereocenters. The van der Waals surface area contributed by atoms with Gasteiger partial charge in [-0.05, 0) is 23.5 Å². The first-order valence-corrected chi connectivity index (χ1v) is 5.22. The molecule has 1 rings (SSSR count). The molecule has 3 nitrogen and oxygen atoms in total. The van der Waals surface area contributed by atoms with Gasteiger partial charge in [-0.1, -0.05) is 45.0 Å². The third kappa shape index (κ3) is 2.42. The second kappa shape index (κ2) is 3.91. The van der Waals surface area contributed by atoms with E-state index in [0.717, 1.165) is 5.56 Å². The van der Waals surface area contributed by atoms with E-state index in [2.05, 4.69) is 20.8 Å². The highest BCUT2D eigenvalue weighted by atomic mass is 16.4. The van der Waals surface area contributed by atoms with Gasteiger partial charge < -0.3 is 10.2 Å². The molecule has 3 heteroatoms. The Bertz CT molecular complexity index is 383. The van der Waals surface area contributed by atoms with Gasteiger partial charge in [0, 0.05) is 0 Å². The molecule has 0 amide bonds. The number of benzene rings is 1. The van der Waals surface area contributed by atoms with E-state index in [4.69, 9.17) is 5.11 Å². The van der Waals surface area contributed by atoms with Crippen molar-refractivity contribution in [1.29, 1.82) is 0 Å². The fourth-order valence-electron chi connectivity index (χ4n) is 1.42. The summed E-state index contributed by atoms with van der Waals surface area (Å²) in [5.74, 6) is -1.24. The topological polar surface area (TPSA) is 57.5 Å². The molecule has 88 valence electrons. The van der Waals surface area contributed by atoms with Crippen LogP contribution in [0.3, 0.4) is 0 Å². The minimum absolute atomic E-state index is 0.0214. The molecular weight excluding hydrogens is 204 g/mol. The number of carbonyl (C=O) groups is 1. The van der Waals surface area contributed by atoms with E-state index in [1.54, 1.807) is 12.1 Å². The zero-order chi connectivity index (χ0) is 12.6. The lowest BCUT2D eigenvalue weighted by Gasteiger charge is -2.22. The molecule has 0 aliphatic rings. The van der Waals surface area contributed by atoms with E-state index in [1.807, 2.05) is 12.1 Å². The molecule has 1 aromatic carbocycles. The molecule has 0 bridgehead atoms. The third-order valence-electron chi connectivity index (χ3n) is 2.73. The van der Waals surface area contributed by atoms with Crippen LogP contribution in [0.15, 0.2) is 24.3 Å². The van der Waals surface area contributed by atoms with Crippen molar-refractivity contribution in [3.63, 3.8) is 0 Å². The maximum absolute atomic E-state index is 10.9. The van der Waals surface area contributed by atoms with Crippen molar-refractivity contribution in [3.8, 4) is 0 Å². The van der Waals surface area contributed by atoms with E-state index in [-0.39, 0.29) is 5.41 Å². The van der Waals surface area contributed by atoms with Crippen molar-refractivity contribution in [1.82, 2.24) is 0 Å². The third-order valence-corrected chi connectivity index (χ3v) is 2.73. The van der Waals surface area contributed by atoms with Crippen molar-refractivity contribution < 1.29 is 15.0 Å². The number of carboxylic acids is 1. The summed E-state index contributed by atoms with van der Waals surface area (Å²) in [6.45, 7) is 7.52. The van der Waals surface area contributed by atoms with E-state index in [0.29, 0.717) is 5.56 Å². The van der Waals surface area contributed by atoms with Crippen LogP contribution in [-0.4, -0.2) is 16.2 Å². The lowest BCUT2D eigenvalue weighted by Crippen LogP contribution is -2.31. The predicted octanol–water partition coefficient (Wildman–Crippen LogP) is 2.28. The van der Waals surface area contributed by atoms with Crippen LogP contribution in [-0.2, 0) is 15.8 Å². The standard InChI is InChI=1S/C13H18O3/c1-12(2,3)9-5-7-10(8-6-9)13(4,16)11(14)15/h5-8,16H,1-4H3,(H,14,15)/t13-/m0/s1. The summed E-state index contributed by atoms with van der Waals surface area (Å²) in [5, 5.41) is 18.6. The maximum atomic E-state index is 10.9. The Morgan fingerprint density at radius 1 is 1.00 bits per heavy atom. The van der Waals surface area contributed by atoms with Gasteiger partial charge in [0.15, 0.2) is 5.60 Å². The van der Waals surface area contributed by atoms with Crippen molar-refractivity contribution in [2.75, 3.05) is 0 Å². The van der Waals surface area contributed by atoms with Crippen LogP contribution in [0.25, 0.3) is 0 Å². The maximum Gasteiger partial charge on any atom is 0.340 e. The Labute approximate surface area is 95.7 Å². The lowest BCUT2D eigenvalue weighted by atomic mass is 9.85. The van der Waals surface area contributed by atoms with Gasteiger partial charge in [-0.15, -0.1) is 0 Å². The van der Waals surface area contributed by atoms with Crippen LogP contribution < -0.4 is 0 Å². The SMILES string of the molecule is CC(C)(C)c1ccc([C@](C)(O)C(=O)O)cc1.